The zero-order chi connectivity index (χ0) is 36.6. The molecular weight excluding hydrogens is 671 g/mol. The summed E-state index contributed by atoms with van der Waals surface area (Å²) in [6.07, 6.45) is 0. The second-order valence-corrected chi connectivity index (χ2v) is 13.9. The predicted molar refractivity (Wildman–Crippen MR) is 224 cm³/mol. The molecular formula is C50H29N5. The SMILES string of the molecule is N#Cc1cccc(-c2ccc(-n3c4ccccc4c4ccc(-n5c6ccccc6c6ccccc65)cc43)cc2)c1-n1c2ccccc2c2c(C#N)cccc21. The van der Waals surface area contributed by atoms with Gasteiger partial charge in [-0.05, 0) is 72.3 Å². The van der Waals surface area contributed by atoms with E-state index in [4.69, 9.17) is 0 Å². The minimum atomic E-state index is 0.562. The third-order valence-electron chi connectivity index (χ3n) is 11.1. The molecule has 8 aromatic carbocycles. The standard InChI is InChI=1S/C50H29N5/c51-30-33-11-10-22-47-49(33)42-16-4-8-21-46(42)55(47)50-34(31-52)12-9-17-37(50)32-23-25-35(26-24-32)53-43-18-5-3-15-40(43)41-28-27-36(29-48(41)53)54-44-19-6-1-13-38(44)39-14-2-7-20-45(39)54/h1-29H. The predicted octanol–water partition coefficient (Wildman–Crippen LogP) is 12.4. The Labute approximate surface area is 316 Å². The molecule has 0 spiro atoms. The molecule has 0 aliphatic heterocycles. The minimum Gasteiger partial charge on any atom is -0.309 e. The van der Waals surface area contributed by atoms with Crippen molar-refractivity contribution in [3.63, 3.8) is 0 Å². The Balaban J connectivity index is 1.11. The number of benzene rings is 8. The molecule has 3 heterocycles. The lowest BCUT2D eigenvalue weighted by atomic mass is 9.99. The highest BCUT2D eigenvalue weighted by molar-refractivity contribution is 6.13. The lowest BCUT2D eigenvalue weighted by Gasteiger charge is -2.16. The van der Waals surface area contributed by atoms with Gasteiger partial charge in [0.15, 0.2) is 0 Å². The van der Waals surface area contributed by atoms with Crippen molar-refractivity contribution >= 4 is 65.4 Å². The molecule has 0 amide bonds. The van der Waals surface area contributed by atoms with Gasteiger partial charge in [-0.3, -0.25) is 0 Å². The van der Waals surface area contributed by atoms with Crippen LogP contribution in [0.25, 0.3) is 93.6 Å². The van der Waals surface area contributed by atoms with E-state index in [1.165, 1.54) is 32.6 Å². The molecule has 0 radical (unpaired) electrons. The zero-order valence-corrected chi connectivity index (χ0v) is 29.5. The number of nitrogens with zero attached hydrogens (tertiary/aromatic N) is 5. The van der Waals surface area contributed by atoms with Gasteiger partial charge in [0.2, 0.25) is 0 Å². The van der Waals surface area contributed by atoms with Gasteiger partial charge in [0.05, 0.1) is 56.0 Å². The molecule has 0 saturated heterocycles. The van der Waals surface area contributed by atoms with Crippen molar-refractivity contribution in [2.24, 2.45) is 0 Å². The molecule has 0 N–H and O–H groups in total. The van der Waals surface area contributed by atoms with Crippen LogP contribution in [0.4, 0.5) is 0 Å². The summed E-state index contributed by atoms with van der Waals surface area (Å²) >= 11 is 0. The number of para-hydroxylation sites is 5. The van der Waals surface area contributed by atoms with Crippen LogP contribution >= 0.6 is 0 Å². The summed E-state index contributed by atoms with van der Waals surface area (Å²) in [6, 6.07) is 66.0. The third kappa shape index (κ3) is 4.39. The van der Waals surface area contributed by atoms with E-state index in [2.05, 4.69) is 159 Å². The number of hydrogen-bond acceptors (Lipinski definition) is 2. The highest BCUT2D eigenvalue weighted by atomic mass is 15.0. The number of rotatable bonds is 4. The molecule has 11 aromatic rings. The summed E-state index contributed by atoms with van der Waals surface area (Å²) < 4.78 is 6.87. The second-order valence-electron chi connectivity index (χ2n) is 13.9. The van der Waals surface area contributed by atoms with Crippen LogP contribution in [-0.2, 0) is 0 Å². The van der Waals surface area contributed by atoms with Gasteiger partial charge in [-0.2, -0.15) is 10.5 Å². The lowest BCUT2D eigenvalue weighted by molar-refractivity contribution is 1.15. The molecule has 11 rings (SSSR count). The lowest BCUT2D eigenvalue weighted by Crippen LogP contribution is -2.01. The number of hydrogen-bond donors (Lipinski definition) is 0. The van der Waals surface area contributed by atoms with Crippen molar-refractivity contribution in [2.45, 2.75) is 0 Å². The smallest absolute Gasteiger partial charge is 0.101 e. The fraction of sp³-hybridized carbons (Fsp3) is 0. The van der Waals surface area contributed by atoms with Crippen molar-refractivity contribution in [1.29, 1.82) is 10.5 Å². The molecule has 5 heteroatoms. The van der Waals surface area contributed by atoms with E-state index < -0.39 is 0 Å². The van der Waals surface area contributed by atoms with Crippen LogP contribution in [0, 0.1) is 22.7 Å². The largest absolute Gasteiger partial charge is 0.309 e. The maximum atomic E-state index is 10.5. The van der Waals surface area contributed by atoms with Gasteiger partial charge in [-0.15, -0.1) is 0 Å². The molecule has 0 saturated carbocycles. The van der Waals surface area contributed by atoms with Crippen LogP contribution in [0.15, 0.2) is 176 Å². The molecule has 0 aliphatic rings. The maximum absolute atomic E-state index is 10.5. The summed E-state index contributed by atoms with van der Waals surface area (Å²) in [6.45, 7) is 0. The molecule has 0 atom stereocenters. The van der Waals surface area contributed by atoms with Gasteiger partial charge in [0.1, 0.15) is 6.07 Å². The molecule has 3 aromatic heterocycles. The second kappa shape index (κ2) is 11.8. The molecule has 254 valence electrons. The average Bonchev–Trinajstić information content (AvgIpc) is 3.89. The van der Waals surface area contributed by atoms with Crippen LogP contribution in [0.3, 0.4) is 0 Å². The molecule has 0 bridgehead atoms. The first-order valence-electron chi connectivity index (χ1n) is 18.3. The van der Waals surface area contributed by atoms with Crippen molar-refractivity contribution in [2.75, 3.05) is 0 Å². The van der Waals surface area contributed by atoms with E-state index in [0.717, 1.165) is 61.0 Å². The first-order chi connectivity index (χ1) is 27.2. The first kappa shape index (κ1) is 30.7. The normalized spacial score (nSPS) is 11.6. The van der Waals surface area contributed by atoms with E-state index in [1.807, 2.05) is 42.5 Å². The van der Waals surface area contributed by atoms with Crippen LogP contribution in [0.5, 0.6) is 0 Å². The topological polar surface area (TPSA) is 62.4 Å². The molecule has 0 aliphatic carbocycles. The van der Waals surface area contributed by atoms with Crippen molar-refractivity contribution in [1.82, 2.24) is 13.7 Å². The molecule has 0 fully saturated rings. The van der Waals surface area contributed by atoms with Crippen LogP contribution < -0.4 is 0 Å². The fourth-order valence-electron chi connectivity index (χ4n) is 8.83. The average molecular weight is 700 g/mol. The Morgan fingerprint density at radius 1 is 0.345 bits per heavy atom. The fourth-order valence-corrected chi connectivity index (χ4v) is 8.83. The minimum absolute atomic E-state index is 0.562. The highest BCUT2D eigenvalue weighted by Gasteiger charge is 2.21. The van der Waals surface area contributed by atoms with E-state index in [0.29, 0.717) is 11.1 Å². The van der Waals surface area contributed by atoms with Crippen LogP contribution in [-0.4, -0.2) is 13.7 Å². The molecule has 0 unspecified atom stereocenters. The Hall–Kier alpha value is -7.86. The van der Waals surface area contributed by atoms with Gasteiger partial charge < -0.3 is 13.7 Å². The van der Waals surface area contributed by atoms with Crippen molar-refractivity contribution in [3.05, 3.63) is 187 Å². The maximum Gasteiger partial charge on any atom is 0.101 e. The van der Waals surface area contributed by atoms with E-state index in [9.17, 15) is 10.5 Å². The van der Waals surface area contributed by atoms with Crippen LogP contribution in [0.2, 0.25) is 0 Å². The van der Waals surface area contributed by atoms with Gasteiger partial charge in [-0.25, -0.2) is 0 Å². The van der Waals surface area contributed by atoms with Gasteiger partial charge in [-0.1, -0.05) is 109 Å². The highest BCUT2D eigenvalue weighted by Crippen LogP contribution is 2.40. The number of nitriles is 2. The quantitative estimate of drug-likeness (QED) is 0.184. The summed E-state index contributed by atoms with van der Waals surface area (Å²) in [5, 5.41) is 27.3. The van der Waals surface area contributed by atoms with Gasteiger partial charge >= 0.3 is 0 Å². The Bertz CT molecular complexity index is 3400. The van der Waals surface area contributed by atoms with E-state index in [1.54, 1.807) is 0 Å². The Morgan fingerprint density at radius 3 is 1.44 bits per heavy atom. The van der Waals surface area contributed by atoms with Gasteiger partial charge in [0.25, 0.3) is 0 Å². The number of aromatic nitrogens is 3. The monoisotopic (exact) mass is 699 g/mol. The molecule has 5 nitrogen and oxygen atoms in total. The van der Waals surface area contributed by atoms with Crippen LogP contribution in [0.1, 0.15) is 11.1 Å². The Kier molecular flexibility index (Phi) is 6.61. The zero-order valence-electron chi connectivity index (χ0n) is 29.5. The summed E-state index contributed by atoms with van der Waals surface area (Å²) in [5.74, 6) is 0. The third-order valence-corrected chi connectivity index (χ3v) is 11.1. The first-order valence-corrected chi connectivity index (χ1v) is 18.3. The summed E-state index contributed by atoms with van der Waals surface area (Å²) in [5.41, 5.74) is 12.5. The number of fused-ring (bicyclic) bond motifs is 9. The van der Waals surface area contributed by atoms with E-state index in [-0.39, 0.29) is 0 Å². The van der Waals surface area contributed by atoms with Crippen molar-refractivity contribution in [3.8, 4) is 40.3 Å². The van der Waals surface area contributed by atoms with Gasteiger partial charge in [0, 0.05) is 49.3 Å². The summed E-state index contributed by atoms with van der Waals surface area (Å²) in [7, 11) is 0. The van der Waals surface area contributed by atoms with E-state index >= 15 is 0 Å². The molecule has 55 heavy (non-hydrogen) atoms. The summed E-state index contributed by atoms with van der Waals surface area (Å²) in [4.78, 5) is 0. The Morgan fingerprint density at radius 2 is 0.818 bits per heavy atom. The van der Waals surface area contributed by atoms with Crippen molar-refractivity contribution < 1.29 is 0 Å².